The number of nitrogens with two attached hydrogens (primary N) is 1. The molecular weight excluding hydrogens is 278 g/mol. The van der Waals surface area contributed by atoms with Crippen LogP contribution >= 0.6 is 11.8 Å². The molecule has 1 aromatic carbocycles. The molecule has 0 aliphatic carbocycles. The van der Waals surface area contributed by atoms with Gasteiger partial charge in [0, 0.05) is 17.5 Å². The number of anilines is 1. The van der Waals surface area contributed by atoms with Crippen molar-refractivity contribution in [2.75, 3.05) is 17.2 Å². The van der Waals surface area contributed by atoms with Crippen molar-refractivity contribution in [3.63, 3.8) is 0 Å². The van der Waals surface area contributed by atoms with Crippen molar-refractivity contribution in [2.45, 2.75) is 39.7 Å². The summed E-state index contributed by atoms with van der Waals surface area (Å²) < 4.78 is 2.16. The third kappa shape index (κ3) is 3.62. The van der Waals surface area contributed by atoms with Crippen molar-refractivity contribution in [3.8, 4) is 11.4 Å². The highest BCUT2D eigenvalue weighted by Gasteiger charge is 2.24. The van der Waals surface area contributed by atoms with Gasteiger partial charge >= 0.3 is 0 Å². The summed E-state index contributed by atoms with van der Waals surface area (Å²) in [6.07, 6.45) is 0.924. The lowest BCUT2D eigenvalue weighted by Gasteiger charge is -2.25. The zero-order valence-corrected chi connectivity index (χ0v) is 14.2. The molecule has 0 fully saturated rings. The molecule has 0 aliphatic heterocycles. The predicted octanol–water partition coefficient (Wildman–Crippen LogP) is 4.18. The summed E-state index contributed by atoms with van der Waals surface area (Å²) in [5.74, 6) is 3.97. The van der Waals surface area contributed by atoms with Crippen molar-refractivity contribution in [1.82, 2.24) is 9.55 Å². The van der Waals surface area contributed by atoms with E-state index in [0.29, 0.717) is 0 Å². The van der Waals surface area contributed by atoms with Crippen molar-refractivity contribution in [1.29, 1.82) is 0 Å². The van der Waals surface area contributed by atoms with Crippen molar-refractivity contribution in [3.05, 3.63) is 36.0 Å². The molecular formula is C17H25N3S. The first-order valence-electron chi connectivity index (χ1n) is 7.46. The second-order valence-corrected chi connectivity index (χ2v) is 7.48. The highest BCUT2D eigenvalue weighted by Crippen LogP contribution is 2.31. The summed E-state index contributed by atoms with van der Waals surface area (Å²) in [5, 5.41) is 0. The number of hydrogen-bond donors (Lipinski definition) is 1. The van der Waals surface area contributed by atoms with E-state index in [9.17, 15) is 0 Å². The highest BCUT2D eigenvalue weighted by atomic mass is 32.2. The molecule has 2 N–H and O–H groups in total. The Morgan fingerprint density at radius 2 is 1.86 bits per heavy atom. The van der Waals surface area contributed by atoms with E-state index >= 15 is 0 Å². The third-order valence-corrected chi connectivity index (χ3v) is 4.28. The zero-order chi connectivity index (χ0) is 15.5. The van der Waals surface area contributed by atoms with Gasteiger partial charge in [-0.15, -0.1) is 0 Å². The summed E-state index contributed by atoms with van der Waals surface area (Å²) in [6, 6.07) is 10.3. The van der Waals surface area contributed by atoms with E-state index in [1.165, 1.54) is 0 Å². The minimum absolute atomic E-state index is 0.0849. The van der Waals surface area contributed by atoms with Crippen LogP contribution < -0.4 is 5.73 Å². The van der Waals surface area contributed by atoms with Gasteiger partial charge in [0.25, 0.3) is 0 Å². The van der Waals surface area contributed by atoms with Gasteiger partial charge in [0.2, 0.25) is 0 Å². The average Bonchev–Trinajstić information content (AvgIpc) is 2.77. The fourth-order valence-corrected chi connectivity index (χ4v) is 3.06. The number of nitrogen functional groups attached to an aromatic ring is 1. The topological polar surface area (TPSA) is 43.8 Å². The van der Waals surface area contributed by atoms with Crippen LogP contribution in [0.1, 0.15) is 33.4 Å². The molecule has 2 rings (SSSR count). The number of nitrogens with zero attached hydrogens (tertiary/aromatic N) is 2. The van der Waals surface area contributed by atoms with Gasteiger partial charge in [0.15, 0.2) is 0 Å². The zero-order valence-electron chi connectivity index (χ0n) is 13.4. The van der Waals surface area contributed by atoms with Gasteiger partial charge in [-0.05, 0) is 32.3 Å². The Labute approximate surface area is 132 Å². The molecule has 0 saturated carbocycles. The molecule has 0 atom stereocenters. The molecule has 0 saturated heterocycles. The SMILES string of the molecule is CCSCCc1nc(-c2ccccc2)n(C(C)(C)C)c1N. The monoisotopic (exact) mass is 303 g/mol. The lowest BCUT2D eigenvalue weighted by molar-refractivity contribution is 0.406. The number of aryl methyl sites for hydroxylation is 1. The van der Waals surface area contributed by atoms with Crippen LogP contribution in [0, 0.1) is 0 Å². The Hall–Kier alpha value is -1.42. The van der Waals surface area contributed by atoms with E-state index in [2.05, 4.69) is 44.4 Å². The molecule has 0 amide bonds. The summed E-state index contributed by atoms with van der Waals surface area (Å²) in [6.45, 7) is 8.68. The second kappa shape index (κ2) is 6.56. The van der Waals surface area contributed by atoms with Gasteiger partial charge in [-0.25, -0.2) is 4.98 Å². The van der Waals surface area contributed by atoms with Gasteiger partial charge in [-0.1, -0.05) is 37.3 Å². The number of thioether (sulfide) groups is 1. The molecule has 114 valence electrons. The molecule has 1 heterocycles. The lowest BCUT2D eigenvalue weighted by Crippen LogP contribution is -2.24. The van der Waals surface area contributed by atoms with Crippen LogP contribution in [0.3, 0.4) is 0 Å². The van der Waals surface area contributed by atoms with E-state index in [1.807, 2.05) is 30.0 Å². The Morgan fingerprint density at radius 1 is 1.19 bits per heavy atom. The molecule has 0 aliphatic rings. The Kier molecular flexibility index (Phi) is 4.99. The lowest BCUT2D eigenvalue weighted by atomic mass is 10.1. The van der Waals surface area contributed by atoms with Crippen LogP contribution in [0.5, 0.6) is 0 Å². The summed E-state index contributed by atoms with van der Waals surface area (Å²) >= 11 is 1.93. The Bertz CT molecular complexity index is 582. The standard InChI is InChI=1S/C17H25N3S/c1-5-21-12-11-14-15(18)20(17(2,3)4)16(19-14)13-9-7-6-8-10-13/h6-10H,5,11-12,18H2,1-4H3. The van der Waals surface area contributed by atoms with Crippen molar-refractivity contribution < 1.29 is 0 Å². The van der Waals surface area contributed by atoms with Gasteiger partial charge < -0.3 is 10.3 Å². The number of rotatable bonds is 5. The van der Waals surface area contributed by atoms with Crippen LogP contribution in [0.4, 0.5) is 5.82 Å². The van der Waals surface area contributed by atoms with Gasteiger partial charge in [0.1, 0.15) is 11.6 Å². The largest absolute Gasteiger partial charge is 0.384 e. The minimum Gasteiger partial charge on any atom is -0.384 e. The summed E-state index contributed by atoms with van der Waals surface area (Å²) in [7, 11) is 0. The molecule has 0 unspecified atom stereocenters. The second-order valence-electron chi connectivity index (χ2n) is 6.09. The molecule has 4 heteroatoms. The minimum atomic E-state index is -0.0849. The maximum absolute atomic E-state index is 6.40. The maximum Gasteiger partial charge on any atom is 0.142 e. The smallest absolute Gasteiger partial charge is 0.142 e. The quantitative estimate of drug-likeness (QED) is 0.843. The molecule has 1 aromatic heterocycles. The number of aromatic nitrogens is 2. The van der Waals surface area contributed by atoms with Gasteiger partial charge in [-0.3, -0.25) is 0 Å². The van der Waals surface area contributed by atoms with Crippen molar-refractivity contribution in [2.24, 2.45) is 0 Å². The van der Waals surface area contributed by atoms with E-state index < -0.39 is 0 Å². The van der Waals surface area contributed by atoms with E-state index in [4.69, 9.17) is 10.7 Å². The maximum atomic E-state index is 6.40. The summed E-state index contributed by atoms with van der Waals surface area (Å²) in [5.41, 5.74) is 8.45. The molecule has 3 nitrogen and oxygen atoms in total. The van der Waals surface area contributed by atoms with E-state index in [-0.39, 0.29) is 5.54 Å². The predicted molar refractivity (Wildman–Crippen MR) is 93.8 cm³/mol. The Balaban J connectivity index is 2.46. The third-order valence-electron chi connectivity index (χ3n) is 3.38. The number of imidazole rings is 1. The first kappa shape index (κ1) is 16.0. The fraction of sp³-hybridized carbons (Fsp3) is 0.471. The van der Waals surface area contributed by atoms with Crippen LogP contribution in [0.2, 0.25) is 0 Å². The average molecular weight is 303 g/mol. The molecule has 0 bridgehead atoms. The molecule has 2 aromatic rings. The van der Waals surface area contributed by atoms with E-state index in [0.717, 1.165) is 40.8 Å². The van der Waals surface area contributed by atoms with Crippen molar-refractivity contribution >= 4 is 17.6 Å². The number of hydrogen-bond acceptors (Lipinski definition) is 3. The van der Waals surface area contributed by atoms with E-state index in [1.54, 1.807) is 0 Å². The number of benzene rings is 1. The fourth-order valence-electron chi connectivity index (χ4n) is 2.44. The normalized spacial score (nSPS) is 11.8. The van der Waals surface area contributed by atoms with Crippen LogP contribution in [0.25, 0.3) is 11.4 Å². The molecule has 0 radical (unpaired) electrons. The Morgan fingerprint density at radius 3 is 2.43 bits per heavy atom. The van der Waals surface area contributed by atoms with Crippen LogP contribution in [-0.2, 0) is 12.0 Å². The van der Waals surface area contributed by atoms with Gasteiger partial charge in [0.05, 0.1) is 5.69 Å². The van der Waals surface area contributed by atoms with Gasteiger partial charge in [-0.2, -0.15) is 11.8 Å². The molecule has 21 heavy (non-hydrogen) atoms. The highest BCUT2D eigenvalue weighted by molar-refractivity contribution is 7.99. The first-order chi connectivity index (χ1) is 9.95. The molecule has 0 spiro atoms. The summed E-state index contributed by atoms with van der Waals surface area (Å²) in [4.78, 5) is 4.84. The van der Waals surface area contributed by atoms with Crippen LogP contribution in [-0.4, -0.2) is 21.1 Å². The first-order valence-corrected chi connectivity index (χ1v) is 8.61. The van der Waals surface area contributed by atoms with Crippen LogP contribution in [0.15, 0.2) is 30.3 Å².